The number of aliphatic hydroxyl groups is 1. The van der Waals surface area contributed by atoms with Crippen LogP contribution in [0.3, 0.4) is 0 Å². The Morgan fingerprint density at radius 1 is 1.32 bits per heavy atom. The molecule has 1 aliphatic rings. The number of aromatic nitrogens is 2. The molecule has 0 spiro atoms. The van der Waals surface area contributed by atoms with Crippen molar-refractivity contribution in [1.82, 2.24) is 9.97 Å². The highest BCUT2D eigenvalue weighted by atomic mass is 35.5. The van der Waals surface area contributed by atoms with Gasteiger partial charge in [0, 0.05) is 18.1 Å². The number of hydrogen-bond acceptors (Lipinski definition) is 6. The number of aliphatic hydroxyl groups excluding tert-OH is 1. The van der Waals surface area contributed by atoms with Crippen molar-refractivity contribution in [3.05, 3.63) is 35.5 Å². The Balaban J connectivity index is 1.85. The summed E-state index contributed by atoms with van der Waals surface area (Å²) < 4.78 is 5.84. The average Bonchev–Trinajstić information content (AvgIpc) is 2.47. The third-order valence-corrected chi connectivity index (χ3v) is 4.02. The van der Waals surface area contributed by atoms with Crippen molar-refractivity contribution in [3.8, 4) is 11.5 Å². The zero-order valence-corrected chi connectivity index (χ0v) is 12.9. The molecule has 0 amide bonds. The van der Waals surface area contributed by atoms with Gasteiger partial charge in [0.15, 0.2) is 11.6 Å². The number of nitrogens with zero attached hydrogens (tertiary/aromatic N) is 3. The van der Waals surface area contributed by atoms with Crippen LogP contribution in [0, 0.1) is 0 Å². The van der Waals surface area contributed by atoms with Crippen LogP contribution in [0.4, 0.5) is 11.8 Å². The van der Waals surface area contributed by atoms with E-state index in [9.17, 15) is 5.11 Å². The molecule has 1 aromatic heterocycles. The van der Waals surface area contributed by atoms with E-state index in [1.807, 2.05) is 11.9 Å². The number of nitrogen functional groups attached to an aromatic ring is 1. The van der Waals surface area contributed by atoms with Gasteiger partial charge in [0.25, 0.3) is 0 Å². The Morgan fingerprint density at radius 2 is 2.00 bits per heavy atom. The van der Waals surface area contributed by atoms with Gasteiger partial charge in [-0.25, -0.2) is 4.98 Å². The first kappa shape index (κ1) is 14.9. The summed E-state index contributed by atoms with van der Waals surface area (Å²) in [4.78, 5) is 10.2. The van der Waals surface area contributed by atoms with Gasteiger partial charge in [-0.05, 0) is 37.1 Å². The van der Waals surface area contributed by atoms with Crippen LogP contribution in [0.15, 0.2) is 30.5 Å². The molecule has 0 bridgehead atoms. The molecule has 6 nitrogen and oxygen atoms in total. The maximum absolute atomic E-state index is 9.47. The molecule has 3 N–H and O–H groups in total. The number of halogens is 1. The van der Waals surface area contributed by atoms with Gasteiger partial charge in [-0.15, -0.1) is 0 Å². The van der Waals surface area contributed by atoms with Crippen molar-refractivity contribution in [3.63, 3.8) is 0 Å². The lowest BCUT2D eigenvalue weighted by molar-refractivity contribution is 0.0747. The highest BCUT2D eigenvalue weighted by Gasteiger charge is 2.32. The zero-order chi connectivity index (χ0) is 15.7. The summed E-state index contributed by atoms with van der Waals surface area (Å²) in [5.41, 5.74) is 5.69. The van der Waals surface area contributed by atoms with Crippen LogP contribution in [0.2, 0.25) is 5.02 Å². The van der Waals surface area contributed by atoms with E-state index in [1.165, 1.54) is 0 Å². The number of ether oxygens (including phenoxy) is 1. The molecule has 0 atom stereocenters. The Kier molecular flexibility index (Phi) is 4.04. The number of anilines is 2. The average molecular weight is 321 g/mol. The van der Waals surface area contributed by atoms with E-state index >= 15 is 0 Å². The number of rotatable bonds is 4. The van der Waals surface area contributed by atoms with E-state index in [0.29, 0.717) is 35.2 Å². The summed E-state index contributed by atoms with van der Waals surface area (Å²) in [6, 6.07) is 7.27. The molecule has 0 saturated heterocycles. The molecule has 1 saturated carbocycles. The lowest BCUT2D eigenvalue weighted by Crippen LogP contribution is -2.45. The topological polar surface area (TPSA) is 84.5 Å². The molecule has 1 aliphatic carbocycles. The van der Waals surface area contributed by atoms with Crippen LogP contribution >= 0.6 is 11.6 Å². The highest BCUT2D eigenvalue weighted by molar-refractivity contribution is 6.30. The molecular weight excluding hydrogens is 304 g/mol. The summed E-state index contributed by atoms with van der Waals surface area (Å²) in [6.07, 6.45) is 2.73. The second-order valence-electron chi connectivity index (χ2n) is 5.36. The molecule has 2 aromatic rings. The van der Waals surface area contributed by atoms with Gasteiger partial charge >= 0.3 is 0 Å². The van der Waals surface area contributed by atoms with Crippen molar-refractivity contribution in [2.45, 2.75) is 25.0 Å². The van der Waals surface area contributed by atoms with Gasteiger partial charge < -0.3 is 20.5 Å². The Bertz CT molecular complexity index is 659. The number of nitrogens with two attached hydrogens (primary N) is 1. The molecule has 1 fully saturated rings. The predicted molar refractivity (Wildman–Crippen MR) is 85.4 cm³/mol. The lowest BCUT2D eigenvalue weighted by Gasteiger charge is -2.39. The molecule has 116 valence electrons. The van der Waals surface area contributed by atoms with Gasteiger partial charge in [-0.3, -0.25) is 0 Å². The van der Waals surface area contributed by atoms with Crippen LogP contribution in [0.25, 0.3) is 0 Å². The minimum absolute atomic E-state index is 0.185. The van der Waals surface area contributed by atoms with Gasteiger partial charge in [-0.1, -0.05) is 11.6 Å². The fraction of sp³-hybridized carbons (Fsp3) is 0.333. The summed E-state index contributed by atoms with van der Waals surface area (Å²) in [5, 5.41) is 10.1. The first-order valence-electron chi connectivity index (χ1n) is 7.00. The van der Waals surface area contributed by atoms with E-state index in [4.69, 9.17) is 22.1 Å². The monoisotopic (exact) mass is 320 g/mol. The Labute approximate surface area is 133 Å². The van der Waals surface area contributed by atoms with Gasteiger partial charge in [-0.2, -0.15) is 4.98 Å². The van der Waals surface area contributed by atoms with Crippen LogP contribution in [0.5, 0.6) is 11.5 Å². The Hall–Kier alpha value is -2.05. The molecule has 22 heavy (non-hydrogen) atoms. The van der Waals surface area contributed by atoms with Crippen molar-refractivity contribution in [1.29, 1.82) is 0 Å². The third-order valence-electron chi connectivity index (χ3n) is 3.77. The van der Waals surface area contributed by atoms with Gasteiger partial charge in [0.2, 0.25) is 5.95 Å². The summed E-state index contributed by atoms with van der Waals surface area (Å²) in [6.45, 7) is 0. The molecule has 1 aromatic carbocycles. The van der Waals surface area contributed by atoms with Crippen molar-refractivity contribution in [2.75, 3.05) is 17.7 Å². The second kappa shape index (κ2) is 5.98. The van der Waals surface area contributed by atoms with E-state index in [1.54, 1.807) is 30.5 Å². The number of benzene rings is 1. The molecular formula is C15H17ClN4O2. The molecule has 3 rings (SSSR count). The predicted octanol–water partition coefficient (Wildman–Crippen LogP) is 2.46. The normalized spacial score (nSPS) is 20.3. The van der Waals surface area contributed by atoms with Crippen LogP contribution in [-0.2, 0) is 0 Å². The van der Waals surface area contributed by atoms with Crippen LogP contribution in [-0.4, -0.2) is 34.3 Å². The summed E-state index contributed by atoms with van der Waals surface area (Å²) in [5.74, 6) is 1.95. The van der Waals surface area contributed by atoms with Crippen molar-refractivity contribution in [2.24, 2.45) is 0 Å². The molecule has 0 unspecified atom stereocenters. The van der Waals surface area contributed by atoms with E-state index in [0.717, 1.165) is 0 Å². The van der Waals surface area contributed by atoms with Crippen molar-refractivity contribution < 1.29 is 9.84 Å². The molecule has 0 aliphatic heterocycles. The van der Waals surface area contributed by atoms with E-state index in [-0.39, 0.29) is 18.1 Å². The number of hydrogen-bond donors (Lipinski definition) is 2. The Morgan fingerprint density at radius 3 is 2.64 bits per heavy atom. The highest BCUT2D eigenvalue weighted by Crippen LogP contribution is 2.35. The third kappa shape index (κ3) is 3.08. The molecule has 7 heteroatoms. The molecule has 1 heterocycles. The standard InChI is InChI=1S/C15H17ClN4O2/c1-20(10-6-11(21)7-10)14-13(8-18-15(17)19-14)22-12-4-2-9(16)3-5-12/h2-5,8,10-11,21H,6-7H2,1H3,(H2,17,18,19). The molecule has 0 radical (unpaired) electrons. The lowest BCUT2D eigenvalue weighted by atomic mass is 9.88. The fourth-order valence-corrected chi connectivity index (χ4v) is 2.50. The minimum atomic E-state index is -0.243. The smallest absolute Gasteiger partial charge is 0.222 e. The minimum Gasteiger partial charge on any atom is -0.452 e. The largest absolute Gasteiger partial charge is 0.452 e. The quantitative estimate of drug-likeness (QED) is 0.900. The summed E-state index contributed by atoms with van der Waals surface area (Å²) in [7, 11) is 1.91. The van der Waals surface area contributed by atoms with Crippen LogP contribution in [0.1, 0.15) is 12.8 Å². The van der Waals surface area contributed by atoms with Crippen molar-refractivity contribution >= 4 is 23.4 Å². The van der Waals surface area contributed by atoms with Gasteiger partial charge in [0.1, 0.15) is 5.75 Å². The van der Waals surface area contributed by atoms with E-state index < -0.39 is 0 Å². The SMILES string of the molecule is CN(c1nc(N)ncc1Oc1ccc(Cl)cc1)C1CC(O)C1. The van der Waals surface area contributed by atoms with E-state index in [2.05, 4.69) is 9.97 Å². The second-order valence-corrected chi connectivity index (χ2v) is 5.80. The first-order valence-corrected chi connectivity index (χ1v) is 7.37. The van der Waals surface area contributed by atoms with Crippen LogP contribution < -0.4 is 15.4 Å². The summed E-state index contributed by atoms with van der Waals surface area (Å²) >= 11 is 5.87. The van der Waals surface area contributed by atoms with Gasteiger partial charge in [0.05, 0.1) is 12.3 Å². The maximum atomic E-state index is 9.47. The zero-order valence-electron chi connectivity index (χ0n) is 12.1. The fourth-order valence-electron chi connectivity index (χ4n) is 2.38. The first-order chi connectivity index (χ1) is 10.5. The maximum Gasteiger partial charge on any atom is 0.222 e.